The third kappa shape index (κ3) is 12.8. The van der Waals surface area contributed by atoms with Gasteiger partial charge in [0, 0.05) is 39.3 Å². The van der Waals surface area contributed by atoms with Gasteiger partial charge >= 0.3 is 0 Å². The van der Waals surface area contributed by atoms with E-state index in [0.717, 1.165) is 59.0 Å². The number of ether oxygens (including phenoxy) is 3. The van der Waals surface area contributed by atoms with Crippen molar-refractivity contribution in [2.45, 2.75) is 13.8 Å². The average molecular weight is 332 g/mol. The van der Waals surface area contributed by atoms with Crippen LogP contribution < -0.4 is 5.32 Å². The summed E-state index contributed by atoms with van der Waals surface area (Å²) in [6.45, 7) is 16.2. The molecule has 0 bridgehead atoms. The normalized spacial score (nSPS) is 17.2. The molecule has 1 aliphatic rings. The standard InChI is InChI=1S/C17H37N3O3/c1-17(2)16-18-4-10-21-12-14-23-15-13-22-11-9-20-7-5-19(3)6-8-20/h17-18H,4-16H2,1-3H3. The van der Waals surface area contributed by atoms with Gasteiger partial charge in [0.2, 0.25) is 0 Å². The third-order valence-corrected chi connectivity index (χ3v) is 3.87. The van der Waals surface area contributed by atoms with Gasteiger partial charge in [-0.15, -0.1) is 0 Å². The third-order valence-electron chi connectivity index (χ3n) is 3.87. The van der Waals surface area contributed by atoms with Crippen molar-refractivity contribution >= 4 is 0 Å². The number of hydrogen-bond donors (Lipinski definition) is 1. The monoisotopic (exact) mass is 331 g/mol. The van der Waals surface area contributed by atoms with Crippen LogP contribution in [0.1, 0.15) is 13.8 Å². The summed E-state index contributed by atoms with van der Waals surface area (Å²) in [4.78, 5) is 4.83. The molecule has 0 unspecified atom stereocenters. The van der Waals surface area contributed by atoms with Crippen molar-refractivity contribution in [3.8, 4) is 0 Å². The Kier molecular flexibility index (Phi) is 12.8. The Morgan fingerprint density at radius 2 is 1.39 bits per heavy atom. The summed E-state index contributed by atoms with van der Waals surface area (Å²) < 4.78 is 16.6. The lowest BCUT2D eigenvalue weighted by Gasteiger charge is -2.32. The van der Waals surface area contributed by atoms with Gasteiger partial charge in [-0.05, 0) is 19.5 Å². The van der Waals surface area contributed by atoms with Crippen molar-refractivity contribution in [2.75, 3.05) is 92.5 Å². The van der Waals surface area contributed by atoms with Crippen LogP contribution in [0.15, 0.2) is 0 Å². The van der Waals surface area contributed by atoms with E-state index in [4.69, 9.17) is 14.2 Å². The Morgan fingerprint density at radius 3 is 2.00 bits per heavy atom. The number of nitrogens with one attached hydrogen (secondary N) is 1. The smallest absolute Gasteiger partial charge is 0.0701 e. The van der Waals surface area contributed by atoms with Crippen molar-refractivity contribution < 1.29 is 14.2 Å². The second kappa shape index (κ2) is 14.1. The molecule has 1 aliphatic heterocycles. The highest BCUT2D eigenvalue weighted by Crippen LogP contribution is 1.98. The van der Waals surface area contributed by atoms with Crippen molar-refractivity contribution in [2.24, 2.45) is 5.92 Å². The van der Waals surface area contributed by atoms with Crippen LogP contribution in [0.2, 0.25) is 0 Å². The number of hydrogen-bond acceptors (Lipinski definition) is 6. The predicted octanol–water partition coefficient (Wildman–Crippen LogP) is 0.529. The Hall–Kier alpha value is -0.240. The van der Waals surface area contributed by atoms with Crippen molar-refractivity contribution in [1.82, 2.24) is 15.1 Å². The maximum absolute atomic E-state index is 5.61. The minimum absolute atomic E-state index is 0.645. The van der Waals surface area contributed by atoms with E-state index < -0.39 is 0 Å². The molecule has 0 aromatic carbocycles. The lowest BCUT2D eigenvalue weighted by atomic mass is 10.2. The summed E-state index contributed by atoms with van der Waals surface area (Å²) in [7, 11) is 2.18. The Morgan fingerprint density at radius 1 is 0.826 bits per heavy atom. The zero-order valence-electron chi connectivity index (χ0n) is 15.4. The van der Waals surface area contributed by atoms with E-state index >= 15 is 0 Å². The molecule has 1 heterocycles. The summed E-state index contributed by atoms with van der Waals surface area (Å²) in [5, 5.41) is 3.35. The molecule has 6 heteroatoms. The molecule has 0 aromatic rings. The highest BCUT2D eigenvalue weighted by Gasteiger charge is 2.12. The van der Waals surface area contributed by atoms with Gasteiger partial charge in [-0.1, -0.05) is 13.8 Å². The van der Waals surface area contributed by atoms with E-state index in [0.29, 0.717) is 32.3 Å². The first-order valence-corrected chi connectivity index (χ1v) is 9.03. The minimum atomic E-state index is 0.645. The lowest BCUT2D eigenvalue weighted by Crippen LogP contribution is -2.45. The van der Waals surface area contributed by atoms with Crippen molar-refractivity contribution in [3.63, 3.8) is 0 Å². The maximum atomic E-state index is 5.61. The Bertz CT molecular complexity index is 259. The van der Waals surface area contributed by atoms with Gasteiger partial charge in [0.15, 0.2) is 0 Å². The number of rotatable bonds is 14. The fraction of sp³-hybridized carbons (Fsp3) is 1.00. The van der Waals surface area contributed by atoms with Gasteiger partial charge in [-0.2, -0.15) is 0 Å². The molecular weight excluding hydrogens is 294 g/mol. The largest absolute Gasteiger partial charge is 0.378 e. The van der Waals surface area contributed by atoms with Gasteiger partial charge in [0.25, 0.3) is 0 Å². The molecule has 1 N–H and O–H groups in total. The van der Waals surface area contributed by atoms with E-state index in [1.807, 2.05) is 0 Å². The van der Waals surface area contributed by atoms with Gasteiger partial charge in [-0.3, -0.25) is 4.90 Å². The minimum Gasteiger partial charge on any atom is -0.378 e. The molecule has 0 amide bonds. The maximum Gasteiger partial charge on any atom is 0.0701 e. The number of nitrogens with zero attached hydrogens (tertiary/aromatic N) is 2. The lowest BCUT2D eigenvalue weighted by molar-refractivity contribution is 0.00892. The second-order valence-electron chi connectivity index (χ2n) is 6.58. The van der Waals surface area contributed by atoms with Gasteiger partial charge in [-0.25, -0.2) is 0 Å². The molecule has 1 saturated heterocycles. The molecule has 0 atom stereocenters. The van der Waals surface area contributed by atoms with E-state index in [1.54, 1.807) is 0 Å². The topological polar surface area (TPSA) is 46.2 Å². The van der Waals surface area contributed by atoms with E-state index in [2.05, 4.69) is 36.0 Å². The van der Waals surface area contributed by atoms with Crippen LogP contribution >= 0.6 is 0 Å². The molecule has 0 aliphatic carbocycles. The van der Waals surface area contributed by atoms with Crippen molar-refractivity contribution in [1.29, 1.82) is 0 Å². The van der Waals surface area contributed by atoms with Gasteiger partial charge in [0.05, 0.1) is 39.6 Å². The summed E-state index contributed by atoms with van der Waals surface area (Å²) in [6, 6.07) is 0. The van der Waals surface area contributed by atoms with Crippen LogP contribution in [0.3, 0.4) is 0 Å². The molecular formula is C17H37N3O3. The van der Waals surface area contributed by atoms with Crippen LogP contribution in [0.5, 0.6) is 0 Å². The van der Waals surface area contributed by atoms with Crippen LogP contribution in [-0.4, -0.2) is 102 Å². The first-order valence-electron chi connectivity index (χ1n) is 9.03. The molecule has 6 nitrogen and oxygen atoms in total. The molecule has 0 saturated carbocycles. The fourth-order valence-electron chi connectivity index (χ4n) is 2.34. The second-order valence-corrected chi connectivity index (χ2v) is 6.58. The zero-order valence-corrected chi connectivity index (χ0v) is 15.4. The van der Waals surface area contributed by atoms with Crippen LogP contribution in [0.25, 0.3) is 0 Å². The summed E-state index contributed by atoms with van der Waals surface area (Å²) in [5.74, 6) is 0.689. The Labute approximate surface area is 142 Å². The van der Waals surface area contributed by atoms with Crippen molar-refractivity contribution in [3.05, 3.63) is 0 Å². The molecule has 138 valence electrons. The molecule has 0 radical (unpaired) electrons. The molecule has 23 heavy (non-hydrogen) atoms. The number of piperazine rings is 1. The highest BCUT2D eigenvalue weighted by atomic mass is 16.5. The highest BCUT2D eigenvalue weighted by molar-refractivity contribution is 4.68. The molecule has 0 spiro atoms. The summed E-state index contributed by atoms with van der Waals surface area (Å²) in [5.41, 5.74) is 0. The van der Waals surface area contributed by atoms with Crippen LogP contribution in [0, 0.1) is 5.92 Å². The molecule has 1 fully saturated rings. The summed E-state index contributed by atoms with van der Waals surface area (Å²) in [6.07, 6.45) is 0. The SMILES string of the molecule is CC(C)CNCCOCCOCCOCCN1CCN(C)CC1. The van der Waals surface area contributed by atoms with E-state index in [9.17, 15) is 0 Å². The summed E-state index contributed by atoms with van der Waals surface area (Å²) >= 11 is 0. The van der Waals surface area contributed by atoms with Crippen LogP contribution in [-0.2, 0) is 14.2 Å². The first kappa shape index (κ1) is 20.8. The average Bonchev–Trinajstić information content (AvgIpc) is 2.53. The van der Waals surface area contributed by atoms with E-state index in [1.165, 1.54) is 0 Å². The molecule has 1 rings (SSSR count). The first-order chi connectivity index (χ1) is 11.2. The molecule has 0 aromatic heterocycles. The van der Waals surface area contributed by atoms with Crippen LogP contribution in [0.4, 0.5) is 0 Å². The van der Waals surface area contributed by atoms with Gasteiger partial charge in [0.1, 0.15) is 0 Å². The van der Waals surface area contributed by atoms with Gasteiger partial charge < -0.3 is 24.4 Å². The quantitative estimate of drug-likeness (QED) is 0.469. The predicted molar refractivity (Wildman–Crippen MR) is 94.1 cm³/mol. The number of likely N-dealkylation sites (N-methyl/N-ethyl adjacent to an activating group) is 1. The zero-order chi connectivity index (χ0) is 16.8. The Balaban J connectivity index is 1.72. The fourth-order valence-corrected chi connectivity index (χ4v) is 2.34. The van der Waals surface area contributed by atoms with E-state index in [-0.39, 0.29) is 0 Å².